The Balaban J connectivity index is 1.83. The molecule has 0 unspecified atom stereocenters. The smallest absolute Gasteiger partial charge is 0.00990 e. The van der Waals surface area contributed by atoms with Gasteiger partial charge in [0.25, 0.3) is 0 Å². The minimum atomic E-state index is 0.864. The molecule has 1 aliphatic rings. The average Bonchev–Trinajstić information content (AvgIpc) is 3.54. The molecule has 0 bridgehead atoms. The van der Waals surface area contributed by atoms with Gasteiger partial charge in [-0.3, -0.25) is 0 Å². The molecule has 0 N–H and O–H groups in total. The maximum atomic E-state index is 2.42. The summed E-state index contributed by atoms with van der Waals surface area (Å²) in [4.78, 5) is 0. The van der Waals surface area contributed by atoms with Crippen LogP contribution >= 0.6 is 0 Å². The van der Waals surface area contributed by atoms with Gasteiger partial charge in [0, 0.05) is 0 Å². The van der Waals surface area contributed by atoms with E-state index >= 15 is 0 Å². The Bertz CT molecular complexity index is 1040. The van der Waals surface area contributed by atoms with E-state index in [1.54, 1.807) is 0 Å². The summed E-state index contributed by atoms with van der Waals surface area (Å²) in [5, 5.41) is 2.79. The lowest BCUT2D eigenvalue weighted by Crippen LogP contribution is -1.96. The molecule has 126 valence electrons. The summed E-state index contributed by atoms with van der Waals surface area (Å²) in [7, 11) is 0. The molecular formula is C26H22. The van der Waals surface area contributed by atoms with E-state index in [0.717, 1.165) is 5.92 Å². The Morgan fingerprint density at radius 1 is 0.577 bits per heavy atom. The van der Waals surface area contributed by atoms with E-state index in [4.69, 9.17) is 0 Å². The largest absolute Gasteiger partial charge is 0.0622 e. The van der Waals surface area contributed by atoms with E-state index in [0.29, 0.717) is 0 Å². The van der Waals surface area contributed by atoms with Crippen LogP contribution < -0.4 is 0 Å². The molecule has 0 radical (unpaired) electrons. The quantitative estimate of drug-likeness (QED) is 0.372. The molecule has 0 amide bonds. The van der Waals surface area contributed by atoms with Crippen molar-refractivity contribution in [2.75, 3.05) is 0 Å². The third-order valence-electron chi connectivity index (χ3n) is 5.52. The third-order valence-corrected chi connectivity index (χ3v) is 5.52. The van der Waals surface area contributed by atoms with Crippen LogP contribution in [0.5, 0.6) is 0 Å². The van der Waals surface area contributed by atoms with Crippen molar-refractivity contribution in [2.24, 2.45) is 5.92 Å². The molecule has 0 saturated heterocycles. The van der Waals surface area contributed by atoms with Crippen LogP contribution in [0, 0.1) is 5.92 Å². The highest BCUT2D eigenvalue weighted by Crippen LogP contribution is 2.42. The SMILES string of the molecule is c1ccc(-c2cc(-c3ccccc3)c3ccccc3c2CC2CC2)cc1. The molecule has 0 nitrogen and oxygen atoms in total. The van der Waals surface area contributed by atoms with Gasteiger partial charge in [-0.2, -0.15) is 0 Å². The summed E-state index contributed by atoms with van der Waals surface area (Å²) in [6.45, 7) is 0. The van der Waals surface area contributed by atoms with Gasteiger partial charge in [0.05, 0.1) is 0 Å². The molecule has 1 fully saturated rings. The van der Waals surface area contributed by atoms with E-state index in [1.807, 2.05) is 0 Å². The molecule has 0 aliphatic heterocycles. The molecule has 1 saturated carbocycles. The summed E-state index contributed by atoms with van der Waals surface area (Å²) >= 11 is 0. The van der Waals surface area contributed by atoms with Crippen LogP contribution in [0.2, 0.25) is 0 Å². The van der Waals surface area contributed by atoms with E-state index in [-0.39, 0.29) is 0 Å². The highest BCUT2D eigenvalue weighted by molar-refractivity contribution is 6.02. The van der Waals surface area contributed by atoms with Crippen LogP contribution in [0.15, 0.2) is 91.0 Å². The van der Waals surface area contributed by atoms with Gasteiger partial charge in [-0.25, -0.2) is 0 Å². The van der Waals surface area contributed by atoms with Gasteiger partial charge in [0.1, 0.15) is 0 Å². The molecule has 0 heterocycles. The van der Waals surface area contributed by atoms with Gasteiger partial charge < -0.3 is 0 Å². The topological polar surface area (TPSA) is 0 Å². The van der Waals surface area contributed by atoms with E-state index < -0.39 is 0 Å². The lowest BCUT2D eigenvalue weighted by Gasteiger charge is -2.17. The number of hydrogen-bond acceptors (Lipinski definition) is 0. The summed E-state index contributed by atoms with van der Waals surface area (Å²) < 4.78 is 0. The Hall–Kier alpha value is -2.86. The zero-order valence-electron chi connectivity index (χ0n) is 14.9. The molecule has 0 aromatic heterocycles. The predicted octanol–water partition coefficient (Wildman–Crippen LogP) is 7.13. The third kappa shape index (κ3) is 2.82. The van der Waals surface area contributed by atoms with Crippen LogP contribution in [-0.4, -0.2) is 0 Å². The molecule has 1 aliphatic carbocycles. The van der Waals surface area contributed by atoms with Crippen LogP contribution in [0.25, 0.3) is 33.0 Å². The Labute approximate surface area is 155 Å². The average molecular weight is 334 g/mol. The fraction of sp³-hybridized carbons (Fsp3) is 0.154. The lowest BCUT2D eigenvalue weighted by atomic mass is 9.86. The zero-order valence-corrected chi connectivity index (χ0v) is 14.9. The molecular weight excluding hydrogens is 312 g/mol. The normalized spacial score (nSPS) is 13.8. The maximum absolute atomic E-state index is 2.42. The first kappa shape index (κ1) is 15.4. The van der Waals surface area contributed by atoms with Crippen LogP contribution in [0.1, 0.15) is 18.4 Å². The molecule has 4 aromatic carbocycles. The minimum absolute atomic E-state index is 0.864. The maximum Gasteiger partial charge on any atom is -0.00990 e. The van der Waals surface area contributed by atoms with Crippen molar-refractivity contribution in [2.45, 2.75) is 19.3 Å². The first-order chi connectivity index (χ1) is 12.9. The predicted molar refractivity (Wildman–Crippen MR) is 111 cm³/mol. The molecule has 4 aromatic rings. The summed E-state index contributed by atoms with van der Waals surface area (Å²) in [6.07, 6.45) is 3.95. The number of fused-ring (bicyclic) bond motifs is 1. The second-order valence-corrected chi connectivity index (χ2v) is 7.38. The minimum Gasteiger partial charge on any atom is -0.0622 e. The standard InChI is InChI=1S/C26H22/c1-3-9-20(10-4-1)24-18-25(21-11-5-2-6-12-21)26(17-19-15-16-19)23-14-8-7-13-22(23)24/h1-14,18-19H,15-17H2. The summed E-state index contributed by atoms with van der Waals surface area (Å²) in [5.74, 6) is 0.864. The van der Waals surface area contributed by atoms with Gasteiger partial charge in [-0.15, -0.1) is 0 Å². The number of benzene rings is 4. The van der Waals surface area contributed by atoms with Gasteiger partial charge in [-0.1, -0.05) is 84.9 Å². The Morgan fingerprint density at radius 3 is 1.73 bits per heavy atom. The van der Waals surface area contributed by atoms with Crippen LogP contribution in [-0.2, 0) is 6.42 Å². The lowest BCUT2D eigenvalue weighted by molar-refractivity contribution is 0.840. The number of rotatable bonds is 4. The fourth-order valence-electron chi connectivity index (χ4n) is 4.00. The highest BCUT2D eigenvalue weighted by Gasteiger charge is 2.25. The molecule has 26 heavy (non-hydrogen) atoms. The Morgan fingerprint density at radius 2 is 1.12 bits per heavy atom. The van der Waals surface area contributed by atoms with E-state index in [9.17, 15) is 0 Å². The summed E-state index contributed by atoms with van der Waals surface area (Å²) in [6, 6.07) is 33.0. The molecule has 5 rings (SSSR count). The van der Waals surface area contributed by atoms with Gasteiger partial charge in [0.2, 0.25) is 0 Å². The second-order valence-electron chi connectivity index (χ2n) is 7.38. The van der Waals surface area contributed by atoms with Crippen molar-refractivity contribution >= 4 is 10.8 Å². The van der Waals surface area contributed by atoms with Crippen molar-refractivity contribution in [3.63, 3.8) is 0 Å². The van der Waals surface area contributed by atoms with E-state index in [1.165, 1.54) is 57.9 Å². The van der Waals surface area contributed by atoms with Crippen molar-refractivity contribution in [1.82, 2.24) is 0 Å². The molecule has 0 atom stereocenters. The number of hydrogen-bond donors (Lipinski definition) is 0. The van der Waals surface area contributed by atoms with Crippen molar-refractivity contribution in [1.29, 1.82) is 0 Å². The zero-order chi connectivity index (χ0) is 17.3. The van der Waals surface area contributed by atoms with E-state index in [2.05, 4.69) is 91.0 Å². The second kappa shape index (κ2) is 6.46. The fourth-order valence-corrected chi connectivity index (χ4v) is 4.00. The Kier molecular flexibility index (Phi) is 3.83. The van der Waals surface area contributed by atoms with Gasteiger partial charge in [0.15, 0.2) is 0 Å². The molecule has 0 heteroatoms. The van der Waals surface area contributed by atoms with Crippen molar-refractivity contribution in [3.05, 3.63) is 96.6 Å². The monoisotopic (exact) mass is 334 g/mol. The van der Waals surface area contributed by atoms with Crippen LogP contribution in [0.4, 0.5) is 0 Å². The first-order valence-corrected chi connectivity index (χ1v) is 9.55. The van der Waals surface area contributed by atoms with Gasteiger partial charge in [-0.05, 0) is 69.8 Å². The summed E-state index contributed by atoms with van der Waals surface area (Å²) in [5.41, 5.74) is 6.87. The molecule has 0 spiro atoms. The first-order valence-electron chi connectivity index (χ1n) is 9.55. The highest BCUT2D eigenvalue weighted by atomic mass is 14.3. The van der Waals surface area contributed by atoms with Crippen LogP contribution in [0.3, 0.4) is 0 Å². The van der Waals surface area contributed by atoms with Gasteiger partial charge >= 0.3 is 0 Å². The van der Waals surface area contributed by atoms with Crippen molar-refractivity contribution < 1.29 is 0 Å². The van der Waals surface area contributed by atoms with Crippen molar-refractivity contribution in [3.8, 4) is 22.3 Å².